The van der Waals surface area contributed by atoms with Crippen LogP contribution in [0, 0.1) is 0 Å². The van der Waals surface area contributed by atoms with Gasteiger partial charge in [-0.1, -0.05) is 24.3 Å². The number of likely N-dealkylation sites (tertiary alicyclic amines) is 1. The van der Waals surface area contributed by atoms with Crippen LogP contribution >= 0.6 is 12.2 Å². The Labute approximate surface area is 158 Å². The molecule has 6 nitrogen and oxygen atoms in total. The van der Waals surface area contributed by atoms with Crippen molar-refractivity contribution in [2.45, 2.75) is 25.9 Å². The number of hydrogen-bond donors (Lipinski definition) is 2. The summed E-state index contributed by atoms with van der Waals surface area (Å²) < 4.78 is 5.24. The minimum absolute atomic E-state index is 0.247. The summed E-state index contributed by atoms with van der Waals surface area (Å²) in [4.78, 5) is 17.8. The van der Waals surface area contributed by atoms with Gasteiger partial charge in [-0.3, -0.25) is 4.79 Å². The average molecular weight is 370 g/mol. The standard InChI is InChI=1S/C19H22N4O2S/c1-25-16-4-2-10-20-18(16)22-19(26)21-12-14-6-8-15(9-7-14)13-23-11-3-5-17(23)24/h2,4,6-10H,3,5,11-13H2,1H3,(H2,20,21,22,26). The van der Waals surface area contributed by atoms with E-state index in [9.17, 15) is 4.79 Å². The normalized spacial score (nSPS) is 13.6. The molecule has 1 fully saturated rings. The van der Waals surface area contributed by atoms with E-state index in [0.29, 0.717) is 36.2 Å². The van der Waals surface area contributed by atoms with Crippen LogP contribution in [0.4, 0.5) is 5.82 Å². The van der Waals surface area contributed by atoms with Crippen LogP contribution < -0.4 is 15.4 Å². The molecule has 0 atom stereocenters. The average Bonchev–Trinajstić information content (AvgIpc) is 3.06. The van der Waals surface area contributed by atoms with Gasteiger partial charge in [0.1, 0.15) is 0 Å². The molecule has 0 spiro atoms. The van der Waals surface area contributed by atoms with Crippen molar-refractivity contribution in [2.24, 2.45) is 0 Å². The van der Waals surface area contributed by atoms with Crippen molar-refractivity contribution in [1.82, 2.24) is 15.2 Å². The molecule has 0 aliphatic carbocycles. The number of methoxy groups -OCH3 is 1. The SMILES string of the molecule is COc1cccnc1NC(=S)NCc1ccc(CN2CCCC2=O)cc1. The second-order valence-electron chi connectivity index (χ2n) is 6.10. The van der Waals surface area contributed by atoms with Crippen LogP contribution in [0.2, 0.25) is 0 Å². The van der Waals surface area contributed by atoms with Gasteiger partial charge in [0.25, 0.3) is 0 Å². The van der Waals surface area contributed by atoms with Gasteiger partial charge < -0.3 is 20.3 Å². The van der Waals surface area contributed by atoms with E-state index in [-0.39, 0.29) is 5.91 Å². The van der Waals surface area contributed by atoms with E-state index in [2.05, 4.69) is 27.8 Å². The van der Waals surface area contributed by atoms with E-state index in [0.717, 1.165) is 24.1 Å². The maximum Gasteiger partial charge on any atom is 0.222 e. The third-order valence-corrected chi connectivity index (χ3v) is 4.49. The number of carbonyl (C=O) groups is 1. The van der Waals surface area contributed by atoms with Crippen LogP contribution in [0.15, 0.2) is 42.6 Å². The lowest BCUT2D eigenvalue weighted by molar-refractivity contribution is -0.128. The van der Waals surface area contributed by atoms with Gasteiger partial charge in [0.15, 0.2) is 16.7 Å². The van der Waals surface area contributed by atoms with Gasteiger partial charge in [0.05, 0.1) is 7.11 Å². The van der Waals surface area contributed by atoms with E-state index >= 15 is 0 Å². The predicted octanol–water partition coefficient (Wildman–Crippen LogP) is 2.70. The summed E-state index contributed by atoms with van der Waals surface area (Å²) >= 11 is 5.31. The number of hydrogen-bond acceptors (Lipinski definition) is 4. The van der Waals surface area contributed by atoms with Gasteiger partial charge >= 0.3 is 0 Å². The Kier molecular flexibility index (Phi) is 6.01. The zero-order chi connectivity index (χ0) is 18.4. The first-order valence-electron chi connectivity index (χ1n) is 8.55. The van der Waals surface area contributed by atoms with Crippen molar-refractivity contribution in [3.8, 4) is 5.75 Å². The Balaban J connectivity index is 1.49. The number of ether oxygens (including phenoxy) is 1. The molecule has 1 saturated heterocycles. The first kappa shape index (κ1) is 18.1. The highest BCUT2D eigenvalue weighted by Crippen LogP contribution is 2.19. The maximum atomic E-state index is 11.7. The van der Waals surface area contributed by atoms with E-state index in [1.807, 2.05) is 23.1 Å². The largest absolute Gasteiger partial charge is 0.493 e. The van der Waals surface area contributed by atoms with E-state index in [1.165, 1.54) is 0 Å². The highest BCUT2D eigenvalue weighted by Gasteiger charge is 2.19. The van der Waals surface area contributed by atoms with Gasteiger partial charge in [-0.05, 0) is 41.9 Å². The fourth-order valence-corrected chi connectivity index (χ4v) is 3.01. The second-order valence-corrected chi connectivity index (χ2v) is 6.51. The zero-order valence-corrected chi connectivity index (χ0v) is 15.5. The number of benzene rings is 1. The molecule has 1 amide bonds. The summed E-state index contributed by atoms with van der Waals surface area (Å²) in [7, 11) is 1.59. The number of rotatable bonds is 6. The molecule has 1 aliphatic heterocycles. The number of aromatic nitrogens is 1. The predicted molar refractivity (Wildman–Crippen MR) is 105 cm³/mol. The van der Waals surface area contributed by atoms with Crippen LogP contribution in [-0.4, -0.2) is 34.6 Å². The highest BCUT2D eigenvalue weighted by molar-refractivity contribution is 7.80. The van der Waals surface area contributed by atoms with Crippen LogP contribution in [0.1, 0.15) is 24.0 Å². The van der Waals surface area contributed by atoms with Crippen molar-refractivity contribution < 1.29 is 9.53 Å². The number of nitrogens with one attached hydrogen (secondary N) is 2. The van der Waals surface area contributed by atoms with E-state index < -0.39 is 0 Å². The Hall–Kier alpha value is -2.67. The van der Waals surface area contributed by atoms with Gasteiger partial charge in [-0.2, -0.15) is 0 Å². The molecule has 1 aliphatic rings. The molecule has 2 N–H and O–H groups in total. The number of carbonyl (C=O) groups excluding carboxylic acids is 1. The van der Waals surface area contributed by atoms with Gasteiger partial charge in [-0.25, -0.2) is 4.98 Å². The summed E-state index contributed by atoms with van der Waals surface area (Å²) in [6.45, 7) is 2.15. The number of amides is 1. The first-order valence-corrected chi connectivity index (χ1v) is 8.96. The minimum Gasteiger partial charge on any atom is -0.493 e. The van der Waals surface area contributed by atoms with Gasteiger partial charge in [-0.15, -0.1) is 0 Å². The van der Waals surface area contributed by atoms with Crippen LogP contribution in [0.25, 0.3) is 0 Å². The van der Waals surface area contributed by atoms with Crippen molar-refractivity contribution in [3.63, 3.8) is 0 Å². The third kappa shape index (κ3) is 4.70. The fourth-order valence-electron chi connectivity index (χ4n) is 2.84. The molecule has 2 aromatic rings. The highest BCUT2D eigenvalue weighted by atomic mass is 32.1. The monoisotopic (exact) mass is 370 g/mol. The number of anilines is 1. The maximum absolute atomic E-state index is 11.7. The Morgan fingerprint density at radius 2 is 2.04 bits per heavy atom. The summed E-state index contributed by atoms with van der Waals surface area (Å²) in [5.41, 5.74) is 2.25. The molecule has 2 heterocycles. The lowest BCUT2D eigenvalue weighted by atomic mass is 10.1. The van der Waals surface area contributed by atoms with Crippen LogP contribution in [0.3, 0.4) is 0 Å². The molecule has 0 saturated carbocycles. The van der Waals surface area contributed by atoms with Crippen LogP contribution in [-0.2, 0) is 17.9 Å². The topological polar surface area (TPSA) is 66.5 Å². The number of nitrogens with zero attached hydrogens (tertiary/aromatic N) is 2. The van der Waals surface area contributed by atoms with Gasteiger partial charge in [0, 0.05) is 32.3 Å². The Morgan fingerprint density at radius 3 is 2.73 bits per heavy atom. The van der Waals surface area contributed by atoms with E-state index in [1.54, 1.807) is 19.4 Å². The molecule has 7 heteroatoms. The van der Waals surface area contributed by atoms with Crippen LogP contribution in [0.5, 0.6) is 5.75 Å². The molecule has 0 radical (unpaired) electrons. The Morgan fingerprint density at radius 1 is 1.27 bits per heavy atom. The summed E-state index contributed by atoms with van der Waals surface area (Å²) in [6, 6.07) is 11.8. The van der Waals surface area contributed by atoms with Crippen molar-refractivity contribution in [2.75, 3.05) is 19.0 Å². The molecule has 3 rings (SSSR count). The lowest BCUT2D eigenvalue weighted by Crippen LogP contribution is -2.28. The summed E-state index contributed by atoms with van der Waals surface area (Å²) in [5.74, 6) is 1.47. The molecular weight excluding hydrogens is 348 g/mol. The number of thiocarbonyl (C=S) groups is 1. The molecular formula is C19H22N4O2S. The zero-order valence-electron chi connectivity index (χ0n) is 14.7. The molecule has 1 aromatic carbocycles. The second kappa shape index (κ2) is 8.62. The van der Waals surface area contributed by atoms with Gasteiger partial charge in [0.2, 0.25) is 5.91 Å². The Bertz CT molecular complexity index is 779. The lowest BCUT2D eigenvalue weighted by Gasteiger charge is -2.16. The molecule has 1 aromatic heterocycles. The fraction of sp³-hybridized carbons (Fsp3) is 0.316. The molecule has 26 heavy (non-hydrogen) atoms. The first-order chi connectivity index (χ1) is 12.7. The summed E-state index contributed by atoms with van der Waals surface area (Å²) in [6.07, 6.45) is 3.32. The molecule has 0 bridgehead atoms. The summed E-state index contributed by atoms with van der Waals surface area (Å²) in [5, 5.41) is 6.68. The molecule has 136 valence electrons. The van der Waals surface area contributed by atoms with Crippen molar-refractivity contribution in [3.05, 3.63) is 53.7 Å². The van der Waals surface area contributed by atoms with E-state index in [4.69, 9.17) is 17.0 Å². The minimum atomic E-state index is 0.247. The van der Waals surface area contributed by atoms with Crippen molar-refractivity contribution in [1.29, 1.82) is 0 Å². The van der Waals surface area contributed by atoms with Crippen molar-refractivity contribution >= 4 is 29.1 Å². The molecule has 0 unspecified atom stereocenters. The third-order valence-electron chi connectivity index (χ3n) is 4.24. The smallest absolute Gasteiger partial charge is 0.222 e. The quantitative estimate of drug-likeness (QED) is 0.762. The number of pyridine rings is 1.